The Labute approximate surface area is 116 Å². The molecule has 2 nitrogen and oxygen atoms in total. The van der Waals surface area contributed by atoms with Crippen molar-refractivity contribution >= 4 is 5.69 Å². The van der Waals surface area contributed by atoms with Crippen molar-refractivity contribution in [2.75, 3.05) is 11.9 Å². The summed E-state index contributed by atoms with van der Waals surface area (Å²) >= 11 is 0. The summed E-state index contributed by atoms with van der Waals surface area (Å²) in [5.74, 6) is 2.40. The Morgan fingerprint density at radius 3 is 2.68 bits per heavy atom. The van der Waals surface area contributed by atoms with E-state index < -0.39 is 0 Å². The van der Waals surface area contributed by atoms with Crippen molar-refractivity contribution in [3.8, 4) is 5.75 Å². The molecule has 0 bridgehead atoms. The summed E-state index contributed by atoms with van der Waals surface area (Å²) in [6, 6.07) is 6.60. The van der Waals surface area contributed by atoms with Crippen LogP contribution < -0.4 is 10.1 Å². The lowest BCUT2D eigenvalue weighted by Crippen LogP contribution is -2.35. The molecule has 104 valence electrons. The van der Waals surface area contributed by atoms with E-state index >= 15 is 0 Å². The largest absolute Gasteiger partial charge is 0.486 e. The summed E-state index contributed by atoms with van der Waals surface area (Å²) in [5.41, 5.74) is 2.63. The van der Waals surface area contributed by atoms with Crippen LogP contribution in [0.3, 0.4) is 0 Å². The maximum atomic E-state index is 6.32. The van der Waals surface area contributed by atoms with Gasteiger partial charge in [-0.1, -0.05) is 45.2 Å². The average molecular weight is 259 g/mol. The van der Waals surface area contributed by atoms with Crippen molar-refractivity contribution in [1.29, 1.82) is 0 Å². The lowest BCUT2D eigenvalue weighted by molar-refractivity contribution is 0.153. The van der Waals surface area contributed by atoms with Gasteiger partial charge in [-0.25, -0.2) is 0 Å². The predicted molar refractivity (Wildman–Crippen MR) is 80.0 cm³/mol. The van der Waals surface area contributed by atoms with Gasteiger partial charge < -0.3 is 10.1 Å². The second-order valence-electron chi connectivity index (χ2n) is 6.34. The van der Waals surface area contributed by atoms with Crippen LogP contribution in [-0.4, -0.2) is 12.6 Å². The van der Waals surface area contributed by atoms with Crippen LogP contribution in [-0.2, 0) is 0 Å². The molecular formula is C17H25NO. The number of ether oxygens (including phenoxy) is 1. The molecule has 1 aromatic rings. The van der Waals surface area contributed by atoms with Crippen LogP contribution >= 0.6 is 0 Å². The van der Waals surface area contributed by atoms with Crippen molar-refractivity contribution in [3.63, 3.8) is 0 Å². The van der Waals surface area contributed by atoms with E-state index in [9.17, 15) is 0 Å². The minimum Gasteiger partial charge on any atom is -0.486 e. The highest BCUT2D eigenvalue weighted by Crippen LogP contribution is 2.42. The van der Waals surface area contributed by atoms with Crippen molar-refractivity contribution in [1.82, 2.24) is 0 Å². The van der Waals surface area contributed by atoms with Gasteiger partial charge in [-0.2, -0.15) is 0 Å². The van der Waals surface area contributed by atoms with Crippen LogP contribution in [0.4, 0.5) is 5.69 Å². The molecule has 2 heteroatoms. The monoisotopic (exact) mass is 259 g/mol. The number of hydrogen-bond donors (Lipinski definition) is 1. The third-order valence-electron chi connectivity index (χ3n) is 4.60. The Kier molecular flexibility index (Phi) is 3.67. The first-order valence-corrected chi connectivity index (χ1v) is 7.79. The molecule has 0 aromatic heterocycles. The standard InChI is InChI=1S/C17H25NO/c1-12(2)16-11-18-15-10-6-9-14(17(15)19-16)13-7-4-3-5-8-13/h6,9-10,12-13,16,18H,3-5,7-8,11H2,1-2H3. The van der Waals surface area contributed by atoms with E-state index in [1.165, 1.54) is 43.4 Å². The molecule has 1 heterocycles. The molecule has 1 aliphatic heterocycles. The predicted octanol–water partition coefficient (Wildman–Crippen LogP) is 4.56. The molecule has 3 rings (SSSR count). The first kappa shape index (κ1) is 12.8. The maximum Gasteiger partial charge on any atom is 0.146 e. The smallest absolute Gasteiger partial charge is 0.146 e. The number of para-hydroxylation sites is 1. The normalized spacial score (nSPS) is 23.6. The van der Waals surface area contributed by atoms with Gasteiger partial charge in [-0.15, -0.1) is 0 Å². The van der Waals surface area contributed by atoms with Gasteiger partial charge in [0.2, 0.25) is 0 Å². The number of fused-ring (bicyclic) bond motifs is 1. The fourth-order valence-electron chi connectivity index (χ4n) is 3.34. The summed E-state index contributed by atoms with van der Waals surface area (Å²) in [5, 5.41) is 3.55. The van der Waals surface area contributed by atoms with E-state index in [0.29, 0.717) is 17.9 Å². The van der Waals surface area contributed by atoms with Gasteiger partial charge in [0.25, 0.3) is 0 Å². The molecule has 0 amide bonds. The maximum absolute atomic E-state index is 6.32. The van der Waals surface area contributed by atoms with Gasteiger partial charge in [0, 0.05) is 0 Å². The highest BCUT2D eigenvalue weighted by Gasteiger charge is 2.27. The Morgan fingerprint density at radius 2 is 1.95 bits per heavy atom. The van der Waals surface area contributed by atoms with Crippen LogP contribution in [0.1, 0.15) is 57.4 Å². The fraction of sp³-hybridized carbons (Fsp3) is 0.647. The minimum atomic E-state index is 0.303. The molecule has 1 atom stereocenters. The van der Waals surface area contributed by atoms with Gasteiger partial charge in [0.15, 0.2) is 0 Å². The fourth-order valence-corrected chi connectivity index (χ4v) is 3.34. The molecular weight excluding hydrogens is 234 g/mol. The van der Waals surface area contributed by atoms with Crippen LogP contribution in [0, 0.1) is 5.92 Å². The average Bonchev–Trinajstić information content (AvgIpc) is 2.47. The van der Waals surface area contributed by atoms with E-state index in [1.807, 2.05) is 0 Å². The number of nitrogens with one attached hydrogen (secondary N) is 1. The molecule has 1 saturated carbocycles. The lowest BCUT2D eigenvalue weighted by Gasteiger charge is -2.33. The molecule has 2 aliphatic rings. The summed E-state index contributed by atoms with van der Waals surface area (Å²) in [6.07, 6.45) is 7.10. The van der Waals surface area contributed by atoms with Crippen LogP contribution in [0.15, 0.2) is 18.2 Å². The Bertz CT molecular complexity index is 435. The summed E-state index contributed by atoms with van der Waals surface area (Å²) in [6.45, 7) is 5.40. The zero-order valence-corrected chi connectivity index (χ0v) is 12.1. The topological polar surface area (TPSA) is 21.3 Å². The second-order valence-corrected chi connectivity index (χ2v) is 6.34. The molecule has 1 aromatic carbocycles. The Hall–Kier alpha value is -1.18. The first-order valence-electron chi connectivity index (χ1n) is 7.79. The zero-order chi connectivity index (χ0) is 13.2. The molecule has 19 heavy (non-hydrogen) atoms. The van der Waals surface area contributed by atoms with Crippen LogP contribution in [0.25, 0.3) is 0 Å². The molecule has 1 unspecified atom stereocenters. The summed E-state index contributed by atoms with van der Waals surface area (Å²) in [4.78, 5) is 0. The molecule has 1 fully saturated rings. The lowest BCUT2D eigenvalue weighted by atomic mass is 9.83. The Morgan fingerprint density at radius 1 is 1.16 bits per heavy atom. The number of rotatable bonds is 2. The summed E-state index contributed by atoms with van der Waals surface area (Å²) < 4.78 is 6.32. The van der Waals surface area contributed by atoms with Gasteiger partial charge in [0.05, 0.1) is 12.2 Å². The minimum absolute atomic E-state index is 0.303. The van der Waals surface area contributed by atoms with Gasteiger partial charge in [0.1, 0.15) is 11.9 Å². The molecule has 1 N–H and O–H groups in total. The highest BCUT2D eigenvalue weighted by atomic mass is 16.5. The molecule has 0 saturated heterocycles. The van der Waals surface area contributed by atoms with Gasteiger partial charge >= 0.3 is 0 Å². The summed E-state index contributed by atoms with van der Waals surface area (Å²) in [7, 11) is 0. The van der Waals surface area contributed by atoms with E-state index in [-0.39, 0.29) is 0 Å². The van der Waals surface area contributed by atoms with Crippen molar-refractivity contribution in [2.24, 2.45) is 5.92 Å². The highest BCUT2D eigenvalue weighted by molar-refractivity contribution is 5.62. The number of benzene rings is 1. The van der Waals surface area contributed by atoms with Crippen LogP contribution in [0.2, 0.25) is 0 Å². The third kappa shape index (κ3) is 2.58. The zero-order valence-electron chi connectivity index (χ0n) is 12.1. The van der Waals surface area contributed by atoms with E-state index in [1.54, 1.807) is 0 Å². The van der Waals surface area contributed by atoms with E-state index in [0.717, 1.165) is 12.3 Å². The molecule has 0 radical (unpaired) electrons. The SMILES string of the molecule is CC(C)C1CNc2cccc(C3CCCCC3)c2O1. The van der Waals surface area contributed by atoms with Crippen molar-refractivity contribution in [3.05, 3.63) is 23.8 Å². The first-order chi connectivity index (χ1) is 9.25. The van der Waals surface area contributed by atoms with Gasteiger partial charge in [-0.3, -0.25) is 0 Å². The van der Waals surface area contributed by atoms with Crippen LogP contribution in [0.5, 0.6) is 5.75 Å². The van der Waals surface area contributed by atoms with E-state index in [2.05, 4.69) is 37.4 Å². The number of hydrogen-bond acceptors (Lipinski definition) is 2. The van der Waals surface area contributed by atoms with E-state index in [4.69, 9.17) is 4.74 Å². The number of anilines is 1. The van der Waals surface area contributed by atoms with Gasteiger partial charge in [-0.05, 0) is 36.3 Å². The van der Waals surface area contributed by atoms with Crippen molar-refractivity contribution < 1.29 is 4.74 Å². The second kappa shape index (κ2) is 5.44. The molecule has 1 aliphatic carbocycles. The molecule has 0 spiro atoms. The Balaban J connectivity index is 1.89. The quantitative estimate of drug-likeness (QED) is 0.840. The van der Waals surface area contributed by atoms with Crippen molar-refractivity contribution in [2.45, 2.75) is 58.0 Å². The third-order valence-corrected chi connectivity index (χ3v) is 4.60.